The Bertz CT molecular complexity index is 1330. The van der Waals surface area contributed by atoms with Gasteiger partial charge in [-0.15, -0.1) is 0 Å². The molecule has 34 heavy (non-hydrogen) atoms. The molecule has 10 heteroatoms. The number of H-pyrrole nitrogens is 1. The van der Waals surface area contributed by atoms with Crippen LogP contribution in [0, 0.1) is 19.7 Å². The van der Waals surface area contributed by atoms with Gasteiger partial charge in [0, 0.05) is 45.7 Å². The molecule has 2 aromatic heterocycles. The van der Waals surface area contributed by atoms with Gasteiger partial charge in [-0.1, -0.05) is 11.6 Å². The summed E-state index contributed by atoms with van der Waals surface area (Å²) in [4.78, 5) is 29.0. The molecule has 0 saturated heterocycles. The lowest BCUT2D eigenvalue weighted by Crippen LogP contribution is -2.39. The quantitative estimate of drug-likeness (QED) is 0.233. The number of hydrogen-bond donors (Lipinski definition) is 4. The Labute approximate surface area is 200 Å². The molecular formula is C24H23ClFN7O. The fraction of sp³-hybridized carbons (Fsp3) is 0.167. The molecule has 4 aromatic rings. The maximum Gasteiger partial charge on any atom is 0.326 e. The van der Waals surface area contributed by atoms with Crippen LogP contribution in [0.2, 0.25) is 5.02 Å². The molecule has 0 aliphatic rings. The predicted octanol–water partition coefficient (Wildman–Crippen LogP) is 5.20. The molecule has 0 atom stereocenters. The first-order valence-electron chi connectivity index (χ1n) is 10.6. The maximum absolute atomic E-state index is 13.1. The number of guanidine groups is 1. The highest BCUT2D eigenvalue weighted by atomic mass is 35.5. The number of hydrogen-bond acceptors (Lipinski definition) is 4. The van der Waals surface area contributed by atoms with Gasteiger partial charge in [0.2, 0.25) is 11.9 Å². The second-order valence-corrected chi connectivity index (χ2v) is 8.11. The number of carbonyl (C=O) groups excluding carboxylic acids is 1. The van der Waals surface area contributed by atoms with E-state index in [-0.39, 0.29) is 11.8 Å². The number of rotatable bonds is 5. The Morgan fingerprint density at radius 3 is 2.53 bits per heavy atom. The van der Waals surface area contributed by atoms with Crippen molar-refractivity contribution < 1.29 is 9.18 Å². The lowest BCUT2D eigenvalue weighted by atomic mass is 10.1. The zero-order valence-electron chi connectivity index (χ0n) is 18.6. The van der Waals surface area contributed by atoms with E-state index in [4.69, 9.17) is 11.6 Å². The van der Waals surface area contributed by atoms with E-state index >= 15 is 0 Å². The van der Waals surface area contributed by atoms with E-state index < -0.39 is 6.03 Å². The van der Waals surface area contributed by atoms with Crippen molar-refractivity contribution in [3.05, 3.63) is 82.5 Å². The van der Waals surface area contributed by atoms with Crippen LogP contribution >= 0.6 is 11.6 Å². The summed E-state index contributed by atoms with van der Waals surface area (Å²) in [5, 5.41) is 9.99. The van der Waals surface area contributed by atoms with Crippen LogP contribution in [0.25, 0.3) is 10.9 Å². The van der Waals surface area contributed by atoms with Crippen molar-refractivity contribution in [3.63, 3.8) is 0 Å². The minimum absolute atomic E-state index is 0.183. The average Bonchev–Trinajstić information content (AvgIpc) is 3.16. The van der Waals surface area contributed by atoms with Gasteiger partial charge < -0.3 is 10.3 Å². The molecule has 0 unspecified atom stereocenters. The highest BCUT2D eigenvalue weighted by molar-refractivity contribution is 6.31. The molecular weight excluding hydrogens is 457 g/mol. The Hall–Kier alpha value is -3.98. The van der Waals surface area contributed by atoms with Gasteiger partial charge >= 0.3 is 6.03 Å². The Kier molecular flexibility index (Phi) is 7.03. The molecule has 4 N–H and O–H groups in total. The lowest BCUT2D eigenvalue weighted by Gasteiger charge is -2.12. The number of carbonyl (C=O) groups is 1. The number of aryl methyl sites for hydroxylation is 2. The minimum atomic E-state index is -0.541. The largest absolute Gasteiger partial charge is 0.361 e. The monoisotopic (exact) mass is 479 g/mol. The molecule has 174 valence electrons. The SMILES string of the molecule is Cc1cc(C)nc(NC(=NCCc2c[nH]c3ccc(Cl)cc23)NC(=O)Nc2ccc(F)cc2)n1. The summed E-state index contributed by atoms with van der Waals surface area (Å²) in [5.41, 5.74) is 4.04. The van der Waals surface area contributed by atoms with Gasteiger partial charge in [0.15, 0.2) is 0 Å². The third kappa shape index (κ3) is 6.08. The summed E-state index contributed by atoms with van der Waals surface area (Å²) in [6.45, 7) is 4.09. The fourth-order valence-electron chi connectivity index (χ4n) is 3.45. The fourth-order valence-corrected chi connectivity index (χ4v) is 3.62. The summed E-state index contributed by atoms with van der Waals surface area (Å²) in [5.74, 6) is 0.111. The number of aliphatic imine (C=N–C) groups is 1. The van der Waals surface area contributed by atoms with Gasteiger partial charge in [0.1, 0.15) is 5.82 Å². The van der Waals surface area contributed by atoms with Crippen molar-refractivity contribution in [2.75, 3.05) is 17.2 Å². The van der Waals surface area contributed by atoms with Crippen molar-refractivity contribution >= 4 is 46.1 Å². The number of amides is 2. The van der Waals surface area contributed by atoms with Crippen molar-refractivity contribution in [1.82, 2.24) is 20.3 Å². The van der Waals surface area contributed by atoms with Crippen LogP contribution in [-0.4, -0.2) is 33.5 Å². The number of fused-ring (bicyclic) bond motifs is 1. The van der Waals surface area contributed by atoms with Crippen LogP contribution in [0.4, 0.5) is 20.8 Å². The summed E-state index contributed by atoms with van der Waals surface area (Å²) in [6, 6.07) is 12.4. The molecule has 4 rings (SSSR count). The maximum atomic E-state index is 13.1. The van der Waals surface area contributed by atoms with E-state index in [1.54, 1.807) is 0 Å². The molecule has 0 aliphatic heterocycles. The lowest BCUT2D eigenvalue weighted by molar-refractivity contribution is 0.256. The van der Waals surface area contributed by atoms with E-state index in [0.717, 1.165) is 27.9 Å². The van der Waals surface area contributed by atoms with Gasteiger partial charge in [0.25, 0.3) is 0 Å². The number of anilines is 2. The molecule has 0 bridgehead atoms. The highest BCUT2D eigenvalue weighted by Gasteiger charge is 2.10. The van der Waals surface area contributed by atoms with Gasteiger partial charge in [-0.2, -0.15) is 0 Å². The molecule has 0 saturated carbocycles. The van der Waals surface area contributed by atoms with Crippen molar-refractivity contribution in [1.29, 1.82) is 0 Å². The normalized spacial score (nSPS) is 11.5. The molecule has 2 heterocycles. The standard InChI is InChI=1S/C24H23ClFN7O/c1-14-11-15(2)30-23(29-14)32-22(33-24(34)31-19-6-4-18(26)5-7-19)27-10-9-16-13-28-21-8-3-17(25)12-20(16)21/h3-8,11-13,28H,9-10H2,1-2H3,(H3,27,29,30,31,32,33,34). The van der Waals surface area contributed by atoms with Crippen LogP contribution in [0.15, 0.2) is 59.7 Å². The summed E-state index contributed by atoms with van der Waals surface area (Å²) < 4.78 is 13.1. The Morgan fingerprint density at radius 1 is 1.06 bits per heavy atom. The van der Waals surface area contributed by atoms with Crippen molar-refractivity contribution in [3.8, 4) is 0 Å². The number of aromatic amines is 1. The van der Waals surface area contributed by atoms with Crippen LogP contribution in [-0.2, 0) is 6.42 Å². The van der Waals surface area contributed by atoms with Crippen molar-refractivity contribution in [2.24, 2.45) is 4.99 Å². The number of benzene rings is 2. The molecule has 0 spiro atoms. The van der Waals surface area contributed by atoms with E-state index in [2.05, 4.69) is 35.9 Å². The van der Waals surface area contributed by atoms with E-state index in [0.29, 0.717) is 29.6 Å². The molecule has 2 amide bonds. The zero-order chi connectivity index (χ0) is 24.1. The number of urea groups is 1. The van der Waals surface area contributed by atoms with Gasteiger partial charge in [-0.3, -0.25) is 15.6 Å². The van der Waals surface area contributed by atoms with Crippen LogP contribution in [0.1, 0.15) is 17.0 Å². The number of nitrogens with one attached hydrogen (secondary N) is 4. The predicted molar refractivity (Wildman–Crippen MR) is 133 cm³/mol. The summed E-state index contributed by atoms with van der Waals surface area (Å²) in [6.07, 6.45) is 2.53. The second-order valence-electron chi connectivity index (χ2n) is 7.67. The molecule has 8 nitrogen and oxygen atoms in total. The van der Waals surface area contributed by atoms with Gasteiger partial charge in [-0.05, 0) is 74.4 Å². The molecule has 0 radical (unpaired) electrons. The van der Waals surface area contributed by atoms with E-state index in [1.807, 2.05) is 44.3 Å². The van der Waals surface area contributed by atoms with Gasteiger partial charge in [-0.25, -0.2) is 19.2 Å². The van der Waals surface area contributed by atoms with Crippen LogP contribution in [0.5, 0.6) is 0 Å². The first kappa shape index (κ1) is 23.2. The van der Waals surface area contributed by atoms with Crippen LogP contribution in [0.3, 0.4) is 0 Å². The third-order valence-corrected chi connectivity index (χ3v) is 5.16. The smallest absolute Gasteiger partial charge is 0.326 e. The summed E-state index contributed by atoms with van der Waals surface area (Å²) >= 11 is 6.14. The molecule has 0 aliphatic carbocycles. The minimum Gasteiger partial charge on any atom is -0.361 e. The average molecular weight is 480 g/mol. The Balaban J connectivity index is 1.50. The third-order valence-electron chi connectivity index (χ3n) is 4.93. The number of nitrogens with zero attached hydrogens (tertiary/aromatic N) is 3. The number of aromatic nitrogens is 3. The molecule has 0 fully saturated rings. The van der Waals surface area contributed by atoms with Crippen molar-refractivity contribution in [2.45, 2.75) is 20.3 Å². The first-order valence-corrected chi connectivity index (χ1v) is 11.0. The zero-order valence-corrected chi connectivity index (χ0v) is 19.4. The number of halogens is 2. The van der Waals surface area contributed by atoms with Crippen LogP contribution < -0.4 is 16.0 Å². The topological polar surface area (TPSA) is 107 Å². The molecule has 2 aromatic carbocycles. The van der Waals surface area contributed by atoms with E-state index in [9.17, 15) is 9.18 Å². The Morgan fingerprint density at radius 2 is 1.79 bits per heavy atom. The van der Waals surface area contributed by atoms with E-state index in [1.165, 1.54) is 24.3 Å². The second kappa shape index (κ2) is 10.3. The first-order chi connectivity index (χ1) is 16.4. The highest BCUT2D eigenvalue weighted by Crippen LogP contribution is 2.22. The van der Waals surface area contributed by atoms with Gasteiger partial charge in [0.05, 0.1) is 0 Å². The summed E-state index contributed by atoms with van der Waals surface area (Å²) in [7, 11) is 0.